The summed E-state index contributed by atoms with van der Waals surface area (Å²) in [7, 11) is 0. The Morgan fingerprint density at radius 3 is 2.73 bits per heavy atom. The molecule has 0 amide bonds. The van der Waals surface area contributed by atoms with Gasteiger partial charge >= 0.3 is 0 Å². The van der Waals surface area contributed by atoms with Crippen molar-refractivity contribution in [3.63, 3.8) is 0 Å². The summed E-state index contributed by atoms with van der Waals surface area (Å²) in [4.78, 5) is 8.44. The van der Waals surface area contributed by atoms with Crippen LogP contribution in [0.1, 0.15) is 43.0 Å². The summed E-state index contributed by atoms with van der Waals surface area (Å²) in [6.45, 7) is 9.76. The Kier molecular flexibility index (Phi) is 5.75. The fourth-order valence-electron chi connectivity index (χ4n) is 2.29. The number of para-hydroxylation sites is 1. The number of ether oxygens (including phenoxy) is 1. The summed E-state index contributed by atoms with van der Waals surface area (Å²) in [6.07, 6.45) is 2.70. The summed E-state index contributed by atoms with van der Waals surface area (Å²) in [5.74, 6) is 2.37. The Morgan fingerprint density at radius 1 is 1.18 bits per heavy atom. The van der Waals surface area contributed by atoms with E-state index in [0.29, 0.717) is 19.1 Å². The molecule has 1 N–H and O–H groups in total. The Bertz CT molecular complexity index is 613. The van der Waals surface area contributed by atoms with Gasteiger partial charge in [0.1, 0.15) is 24.5 Å². The molecule has 0 fully saturated rings. The van der Waals surface area contributed by atoms with Gasteiger partial charge < -0.3 is 10.1 Å². The zero-order valence-corrected chi connectivity index (χ0v) is 13.9. The lowest BCUT2D eigenvalue weighted by atomic mass is 9.98. The lowest BCUT2D eigenvalue weighted by molar-refractivity contribution is 0.327. The third kappa shape index (κ3) is 3.97. The van der Waals surface area contributed by atoms with Crippen LogP contribution in [0.3, 0.4) is 0 Å². The first-order valence-electron chi connectivity index (χ1n) is 7.87. The molecular weight excluding hydrogens is 274 g/mol. The van der Waals surface area contributed by atoms with Gasteiger partial charge in [-0.3, -0.25) is 0 Å². The molecule has 4 heteroatoms. The maximum absolute atomic E-state index is 5.95. The number of nitrogens with zero attached hydrogens (tertiary/aromatic N) is 2. The van der Waals surface area contributed by atoms with E-state index in [1.807, 2.05) is 26.0 Å². The quantitative estimate of drug-likeness (QED) is 0.782. The monoisotopic (exact) mass is 299 g/mol. The minimum atomic E-state index is 0.510. The van der Waals surface area contributed by atoms with Crippen LogP contribution in [0.4, 0.5) is 5.82 Å². The van der Waals surface area contributed by atoms with Crippen LogP contribution < -0.4 is 10.1 Å². The number of benzene rings is 1. The summed E-state index contributed by atoms with van der Waals surface area (Å²) >= 11 is 0. The SMILES string of the molecule is CCC(C)c1ccccc1OCCNc1ncnc(C)c1C. The molecule has 2 aromatic rings. The predicted molar refractivity (Wildman–Crippen MR) is 90.6 cm³/mol. The van der Waals surface area contributed by atoms with Crippen LogP contribution >= 0.6 is 0 Å². The highest BCUT2D eigenvalue weighted by Crippen LogP contribution is 2.28. The fourth-order valence-corrected chi connectivity index (χ4v) is 2.29. The van der Waals surface area contributed by atoms with Crippen LogP contribution in [-0.2, 0) is 0 Å². The molecule has 4 nitrogen and oxygen atoms in total. The van der Waals surface area contributed by atoms with E-state index in [9.17, 15) is 0 Å². The smallest absolute Gasteiger partial charge is 0.132 e. The second-order valence-electron chi connectivity index (χ2n) is 5.56. The summed E-state index contributed by atoms with van der Waals surface area (Å²) < 4.78 is 5.95. The van der Waals surface area contributed by atoms with E-state index in [1.165, 1.54) is 5.56 Å². The minimum absolute atomic E-state index is 0.510. The lowest BCUT2D eigenvalue weighted by Crippen LogP contribution is -2.14. The third-order valence-electron chi connectivity index (χ3n) is 4.05. The molecule has 0 aliphatic heterocycles. The molecule has 0 spiro atoms. The van der Waals surface area contributed by atoms with Crippen molar-refractivity contribution in [1.82, 2.24) is 9.97 Å². The fraction of sp³-hybridized carbons (Fsp3) is 0.444. The Morgan fingerprint density at radius 2 is 1.95 bits per heavy atom. The average Bonchev–Trinajstić information content (AvgIpc) is 2.55. The van der Waals surface area contributed by atoms with Gasteiger partial charge in [0, 0.05) is 11.3 Å². The zero-order chi connectivity index (χ0) is 15.9. The summed E-state index contributed by atoms with van der Waals surface area (Å²) in [5, 5.41) is 3.31. The van der Waals surface area contributed by atoms with E-state index < -0.39 is 0 Å². The Balaban J connectivity index is 1.91. The molecule has 1 atom stereocenters. The number of aromatic nitrogens is 2. The van der Waals surface area contributed by atoms with Crippen molar-refractivity contribution in [1.29, 1.82) is 0 Å². The highest BCUT2D eigenvalue weighted by molar-refractivity contribution is 5.44. The van der Waals surface area contributed by atoms with Crippen molar-refractivity contribution in [2.75, 3.05) is 18.5 Å². The third-order valence-corrected chi connectivity index (χ3v) is 4.05. The van der Waals surface area contributed by atoms with Crippen LogP contribution in [0, 0.1) is 13.8 Å². The molecule has 1 unspecified atom stereocenters. The molecule has 118 valence electrons. The minimum Gasteiger partial charge on any atom is -0.491 e. The van der Waals surface area contributed by atoms with E-state index in [2.05, 4.69) is 41.3 Å². The molecule has 0 saturated heterocycles. The topological polar surface area (TPSA) is 47.0 Å². The van der Waals surface area contributed by atoms with Crippen molar-refractivity contribution in [2.45, 2.75) is 40.0 Å². The number of hydrogen-bond donors (Lipinski definition) is 1. The van der Waals surface area contributed by atoms with Gasteiger partial charge in [-0.1, -0.05) is 32.0 Å². The van der Waals surface area contributed by atoms with E-state index >= 15 is 0 Å². The summed E-state index contributed by atoms with van der Waals surface area (Å²) in [6, 6.07) is 8.28. The van der Waals surface area contributed by atoms with Gasteiger partial charge in [0.15, 0.2) is 0 Å². The Labute approximate surface area is 133 Å². The van der Waals surface area contributed by atoms with E-state index in [-0.39, 0.29) is 0 Å². The number of nitrogens with one attached hydrogen (secondary N) is 1. The molecule has 1 aromatic carbocycles. The summed E-state index contributed by atoms with van der Waals surface area (Å²) in [5.41, 5.74) is 3.36. The van der Waals surface area contributed by atoms with Crippen LogP contribution in [0.2, 0.25) is 0 Å². The van der Waals surface area contributed by atoms with Crippen molar-refractivity contribution in [2.24, 2.45) is 0 Å². The van der Waals surface area contributed by atoms with Crippen molar-refractivity contribution < 1.29 is 4.74 Å². The van der Waals surface area contributed by atoms with Crippen LogP contribution in [0.25, 0.3) is 0 Å². The molecule has 0 saturated carbocycles. The molecule has 0 bridgehead atoms. The lowest BCUT2D eigenvalue weighted by Gasteiger charge is -2.16. The second-order valence-corrected chi connectivity index (χ2v) is 5.56. The van der Waals surface area contributed by atoms with Gasteiger partial charge in [-0.25, -0.2) is 9.97 Å². The van der Waals surface area contributed by atoms with Crippen LogP contribution in [0.15, 0.2) is 30.6 Å². The van der Waals surface area contributed by atoms with Gasteiger partial charge in [0.2, 0.25) is 0 Å². The predicted octanol–water partition coefficient (Wildman–Crippen LogP) is 4.10. The second kappa shape index (κ2) is 7.78. The number of hydrogen-bond acceptors (Lipinski definition) is 4. The van der Waals surface area contributed by atoms with Gasteiger partial charge in [0.25, 0.3) is 0 Å². The molecular formula is C18H25N3O. The average molecular weight is 299 g/mol. The van der Waals surface area contributed by atoms with Crippen molar-refractivity contribution >= 4 is 5.82 Å². The van der Waals surface area contributed by atoms with E-state index in [4.69, 9.17) is 4.74 Å². The van der Waals surface area contributed by atoms with Crippen LogP contribution in [-0.4, -0.2) is 23.1 Å². The zero-order valence-electron chi connectivity index (χ0n) is 13.9. The van der Waals surface area contributed by atoms with Crippen LogP contribution in [0.5, 0.6) is 5.75 Å². The highest BCUT2D eigenvalue weighted by Gasteiger charge is 2.09. The number of rotatable bonds is 7. The maximum atomic E-state index is 5.95. The van der Waals surface area contributed by atoms with Crippen molar-refractivity contribution in [3.8, 4) is 5.75 Å². The van der Waals surface area contributed by atoms with E-state index in [1.54, 1.807) is 6.33 Å². The van der Waals surface area contributed by atoms with Gasteiger partial charge in [0.05, 0.1) is 6.54 Å². The van der Waals surface area contributed by atoms with Gasteiger partial charge in [-0.15, -0.1) is 0 Å². The molecule has 22 heavy (non-hydrogen) atoms. The number of aryl methyl sites for hydroxylation is 1. The molecule has 1 aromatic heterocycles. The van der Waals surface area contributed by atoms with Gasteiger partial charge in [-0.05, 0) is 37.8 Å². The maximum Gasteiger partial charge on any atom is 0.132 e. The first-order valence-corrected chi connectivity index (χ1v) is 7.87. The van der Waals surface area contributed by atoms with Crippen molar-refractivity contribution in [3.05, 3.63) is 47.4 Å². The normalized spacial score (nSPS) is 12.0. The molecule has 2 rings (SSSR count). The standard InChI is InChI=1S/C18H25N3O/c1-5-13(2)16-8-6-7-9-17(16)22-11-10-19-18-14(3)15(4)20-12-21-18/h6-9,12-13H,5,10-11H2,1-4H3,(H,19,20,21). The first kappa shape index (κ1) is 16.3. The van der Waals surface area contributed by atoms with E-state index in [0.717, 1.165) is 29.2 Å². The molecule has 1 heterocycles. The largest absolute Gasteiger partial charge is 0.491 e. The molecule has 0 aliphatic rings. The first-order chi connectivity index (χ1) is 10.6. The molecule has 0 aliphatic carbocycles. The Hall–Kier alpha value is -2.10. The number of anilines is 1. The highest BCUT2D eigenvalue weighted by atomic mass is 16.5. The molecule has 0 radical (unpaired) electrons. The van der Waals surface area contributed by atoms with Gasteiger partial charge in [-0.2, -0.15) is 0 Å².